The van der Waals surface area contributed by atoms with Gasteiger partial charge in [-0.15, -0.1) is 0 Å². The monoisotopic (exact) mass is 254 g/mol. The maximum Gasteiger partial charge on any atom is 0.303 e. The SMILES string of the molecule is O=C(O)CCC(=O)c1cccc(-c2ccccc2)c1. The minimum atomic E-state index is -0.951. The van der Waals surface area contributed by atoms with E-state index in [1.165, 1.54) is 0 Å². The average molecular weight is 254 g/mol. The van der Waals surface area contributed by atoms with Gasteiger partial charge in [-0.25, -0.2) is 0 Å². The number of carbonyl (C=O) groups excluding carboxylic acids is 1. The molecule has 3 heteroatoms. The molecule has 0 heterocycles. The van der Waals surface area contributed by atoms with Crippen LogP contribution in [0.4, 0.5) is 0 Å². The molecule has 96 valence electrons. The molecule has 0 spiro atoms. The van der Waals surface area contributed by atoms with E-state index in [9.17, 15) is 9.59 Å². The third-order valence-corrected chi connectivity index (χ3v) is 2.86. The zero-order valence-corrected chi connectivity index (χ0v) is 10.4. The second-order valence-corrected chi connectivity index (χ2v) is 4.26. The van der Waals surface area contributed by atoms with Crippen LogP contribution in [0.1, 0.15) is 23.2 Å². The predicted molar refractivity (Wildman–Crippen MR) is 73.1 cm³/mol. The summed E-state index contributed by atoms with van der Waals surface area (Å²) < 4.78 is 0. The fourth-order valence-electron chi connectivity index (χ4n) is 1.87. The number of carboxylic acid groups (broad SMARTS) is 1. The predicted octanol–water partition coefficient (Wildman–Crippen LogP) is 3.40. The molecule has 0 saturated heterocycles. The molecule has 2 aromatic carbocycles. The van der Waals surface area contributed by atoms with Crippen LogP contribution in [0.2, 0.25) is 0 Å². The Morgan fingerprint density at radius 2 is 1.53 bits per heavy atom. The second kappa shape index (κ2) is 5.96. The van der Waals surface area contributed by atoms with Gasteiger partial charge in [0.2, 0.25) is 0 Å². The first-order valence-electron chi connectivity index (χ1n) is 6.07. The maximum atomic E-state index is 11.9. The molecule has 1 N–H and O–H groups in total. The number of rotatable bonds is 5. The van der Waals surface area contributed by atoms with Crippen molar-refractivity contribution in [2.45, 2.75) is 12.8 Å². The van der Waals surface area contributed by atoms with Crippen LogP contribution in [0, 0.1) is 0 Å². The summed E-state index contributed by atoms with van der Waals surface area (Å²) in [4.78, 5) is 22.3. The molecule has 0 aliphatic rings. The van der Waals surface area contributed by atoms with Gasteiger partial charge in [-0.3, -0.25) is 9.59 Å². The van der Waals surface area contributed by atoms with E-state index in [2.05, 4.69) is 0 Å². The van der Waals surface area contributed by atoms with E-state index in [1.807, 2.05) is 42.5 Å². The summed E-state index contributed by atoms with van der Waals surface area (Å²) in [6.45, 7) is 0. The number of hydrogen-bond donors (Lipinski definition) is 1. The molecule has 0 amide bonds. The van der Waals surface area contributed by atoms with Crippen molar-refractivity contribution in [3.05, 3.63) is 60.2 Å². The van der Waals surface area contributed by atoms with Crippen molar-refractivity contribution in [2.24, 2.45) is 0 Å². The van der Waals surface area contributed by atoms with Crippen molar-refractivity contribution >= 4 is 11.8 Å². The number of hydrogen-bond acceptors (Lipinski definition) is 2. The Hall–Kier alpha value is -2.42. The normalized spacial score (nSPS) is 10.1. The van der Waals surface area contributed by atoms with Gasteiger partial charge in [0.25, 0.3) is 0 Å². The molecule has 0 bridgehead atoms. The van der Waals surface area contributed by atoms with Gasteiger partial charge in [0.05, 0.1) is 6.42 Å². The van der Waals surface area contributed by atoms with Crippen LogP contribution in [0.15, 0.2) is 54.6 Å². The van der Waals surface area contributed by atoms with Crippen LogP contribution < -0.4 is 0 Å². The Bertz CT molecular complexity index is 588. The molecule has 0 unspecified atom stereocenters. The summed E-state index contributed by atoms with van der Waals surface area (Å²) in [5.41, 5.74) is 2.56. The Morgan fingerprint density at radius 1 is 0.842 bits per heavy atom. The molecule has 0 aliphatic carbocycles. The molecule has 2 aromatic rings. The molecule has 0 radical (unpaired) electrons. The molecule has 0 aliphatic heterocycles. The highest BCUT2D eigenvalue weighted by Gasteiger charge is 2.09. The second-order valence-electron chi connectivity index (χ2n) is 4.26. The first-order valence-corrected chi connectivity index (χ1v) is 6.07. The van der Waals surface area contributed by atoms with Crippen molar-refractivity contribution in [1.29, 1.82) is 0 Å². The van der Waals surface area contributed by atoms with E-state index in [0.717, 1.165) is 11.1 Å². The summed E-state index contributed by atoms with van der Waals surface area (Å²) in [6, 6.07) is 17.0. The molecule has 0 aromatic heterocycles. The van der Waals surface area contributed by atoms with Crippen LogP contribution in [0.3, 0.4) is 0 Å². The van der Waals surface area contributed by atoms with Crippen molar-refractivity contribution in [3.63, 3.8) is 0 Å². The Morgan fingerprint density at radius 3 is 2.21 bits per heavy atom. The van der Waals surface area contributed by atoms with Gasteiger partial charge < -0.3 is 5.11 Å². The molecule has 0 fully saturated rings. The largest absolute Gasteiger partial charge is 0.481 e. The summed E-state index contributed by atoms with van der Waals surface area (Å²) in [6.07, 6.45) is -0.0953. The van der Waals surface area contributed by atoms with Crippen LogP contribution in [-0.4, -0.2) is 16.9 Å². The number of benzene rings is 2. The number of carbonyl (C=O) groups is 2. The van der Waals surface area contributed by atoms with Gasteiger partial charge in [0.1, 0.15) is 0 Å². The van der Waals surface area contributed by atoms with Crippen LogP contribution >= 0.6 is 0 Å². The van der Waals surface area contributed by atoms with E-state index in [-0.39, 0.29) is 18.6 Å². The van der Waals surface area contributed by atoms with Crippen molar-refractivity contribution in [1.82, 2.24) is 0 Å². The first kappa shape index (κ1) is 13.0. The first-order chi connectivity index (χ1) is 9.16. The van der Waals surface area contributed by atoms with Gasteiger partial charge in [-0.2, -0.15) is 0 Å². The Labute approximate surface area is 111 Å². The zero-order valence-electron chi connectivity index (χ0n) is 10.4. The molecular formula is C16H14O3. The summed E-state index contributed by atoms with van der Waals surface area (Å²) in [7, 11) is 0. The summed E-state index contributed by atoms with van der Waals surface area (Å²) in [5.74, 6) is -1.09. The highest BCUT2D eigenvalue weighted by molar-refractivity contribution is 5.98. The van der Waals surface area contributed by atoms with Crippen LogP contribution in [-0.2, 0) is 4.79 Å². The lowest BCUT2D eigenvalue weighted by atomic mass is 10.00. The molecule has 2 rings (SSSR count). The lowest BCUT2D eigenvalue weighted by molar-refractivity contribution is -0.136. The molecule has 19 heavy (non-hydrogen) atoms. The lowest BCUT2D eigenvalue weighted by Gasteiger charge is -2.04. The van der Waals surface area contributed by atoms with E-state index >= 15 is 0 Å². The highest BCUT2D eigenvalue weighted by atomic mass is 16.4. The Balaban J connectivity index is 2.20. The number of ketones is 1. The fourth-order valence-corrected chi connectivity index (χ4v) is 1.87. The quantitative estimate of drug-likeness (QED) is 0.832. The van der Waals surface area contributed by atoms with Gasteiger partial charge in [-0.05, 0) is 17.2 Å². The molecule has 3 nitrogen and oxygen atoms in total. The van der Waals surface area contributed by atoms with E-state index < -0.39 is 5.97 Å². The van der Waals surface area contributed by atoms with Crippen LogP contribution in [0.5, 0.6) is 0 Å². The molecule has 0 saturated carbocycles. The smallest absolute Gasteiger partial charge is 0.303 e. The maximum absolute atomic E-state index is 11.9. The number of Topliss-reactive ketones (excluding diaryl/α,β-unsaturated/α-hetero) is 1. The van der Waals surface area contributed by atoms with Crippen LogP contribution in [0.25, 0.3) is 11.1 Å². The van der Waals surface area contributed by atoms with Gasteiger partial charge in [0, 0.05) is 12.0 Å². The minimum Gasteiger partial charge on any atom is -0.481 e. The van der Waals surface area contributed by atoms with Gasteiger partial charge in [0.15, 0.2) is 5.78 Å². The summed E-state index contributed by atoms with van der Waals surface area (Å²) >= 11 is 0. The average Bonchev–Trinajstić information content (AvgIpc) is 2.46. The standard InChI is InChI=1S/C16H14O3/c17-15(9-10-16(18)19)14-8-4-7-13(11-14)12-5-2-1-3-6-12/h1-8,11H,9-10H2,(H,18,19). The van der Waals surface area contributed by atoms with Crippen molar-refractivity contribution < 1.29 is 14.7 Å². The number of aliphatic carboxylic acids is 1. The third kappa shape index (κ3) is 3.52. The Kier molecular flexibility index (Phi) is 4.08. The van der Waals surface area contributed by atoms with E-state index in [4.69, 9.17) is 5.11 Å². The minimum absolute atomic E-state index is 0.0353. The zero-order chi connectivity index (χ0) is 13.7. The van der Waals surface area contributed by atoms with Crippen molar-refractivity contribution in [2.75, 3.05) is 0 Å². The topological polar surface area (TPSA) is 54.4 Å². The summed E-state index contributed by atoms with van der Waals surface area (Å²) in [5, 5.41) is 8.59. The highest BCUT2D eigenvalue weighted by Crippen LogP contribution is 2.20. The third-order valence-electron chi connectivity index (χ3n) is 2.86. The van der Waals surface area contributed by atoms with Crippen molar-refractivity contribution in [3.8, 4) is 11.1 Å². The molecule has 0 atom stereocenters. The lowest BCUT2D eigenvalue weighted by Crippen LogP contribution is -2.03. The van der Waals surface area contributed by atoms with Gasteiger partial charge >= 0.3 is 5.97 Å². The molecular weight excluding hydrogens is 240 g/mol. The number of carboxylic acids is 1. The van der Waals surface area contributed by atoms with E-state index in [0.29, 0.717) is 5.56 Å². The van der Waals surface area contributed by atoms with E-state index in [1.54, 1.807) is 12.1 Å². The van der Waals surface area contributed by atoms with Gasteiger partial charge in [-0.1, -0.05) is 48.5 Å². The fraction of sp³-hybridized carbons (Fsp3) is 0.125.